The molecule has 1 aliphatic rings. The van der Waals surface area contributed by atoms with Gasteiger partial charge in [0.25, 0.3) is 0 Å². The van der Waals surface area contributed by atoms with E-state index in [9.17, 15) is 0 Å². The normalized spacial score (nSPS) is 18.4. The molecule has 0 radical (unpaired) electrons. The second kappa shape index (κ2) is 8.38. The van der Waals surface area contributed by atoms with E-state index in [0.29, 0.717) is 27.5 Å². The number of hydrogen-bond acceptors (Lipinski definition) is 4. The summed E-state index contributed by atoms with van der Waals surface area (Å²) in [5.41, 5.74) is 1.65. The molecule has 0 spiro atoms. The molecule has 0 unspecified atom stereocenters. The second-order valence-electron chi connectivity index (χ2n) is 7.16. The van der Waals surface area contributed by atoms with E-state index in [1.165, 1.54) is 0 Å². The fourth-order valence-electron chi connectivity index (χ4n) is 3.80. The highest BCUT2D eigenvalue weighted by Gasteiger charge is 2.42. The summed E-state index contributed by atoms with van der Waals surface area (Å²) in [6, 6.07) is 18.4. The lowest BCUT2D eigenvalue weighted by molar-refractivity contribution is 0.253. The summed E-state index contributed by atoms with van der Waals surface area (Å²) in [5.74, 6) is 2.21. The van der Waals surface area contributed by atoms with Crippen molar-refractivity contribution in [2.45, 2.75) is 18.6 Å². The van der Waals surface area contributed by atoms with Gasteiger partial charge >= 0.3 is 0 Å². The fraction of sp³-hybridized carbons (Fsp3) is 0.130. The first-order chi connectivity index (χ1) is 15.1. The molecular weight excluding hydrogens is 453 g/mol. The van der Waals surface area contributed by atoms with Crippen molar-refractivity contribution in [1.29, 1.82) is 0 Å². The Morgan fingerprint density at radius 2 is 1.97 bits per heavy atom. The minimum atomic E-state index is -0.215. The highest BCUT2D eigenvalue weighted by atomic mass is 35.5. The maximum atomic E-state index is 6.39. The molecular formula is C23H17Cl2N3O2S. The fourth-order valence-corrected chi connectivity index (χ4v) is 4.61. The van der Waals surface area contributed by atoms with E-state index in [1.54, 1.807) is 24.6 Å². The van der Waals surface area contributed by atoms with Gasteiger partial charge in [-0.3, -0.25) is 4.98 Å². The largest absolute Gasteiger partial charge is 0.467 e. The van der Waals surface area contributed by atoms with Crippen LogP contribution in [0.3, 0.4) is 0 Å². The molecule has 8 heteroatoms. The first kappa shape index (κ1) is 20.1. The maximum Gasteiger partial charge on any atom is 0.170 e. The average Bonchev–Trinajstić information content (AvgIpc) is 3.51. The molecule has 1 N–H and O–H groups in total. The van der Waals surface area contributed by atoms with Crippen molar-refractivity contribution in [3.05, 3.63) is 100 Å². The highest BCUT2D eigenvalue weighted by Crippen LogP contribution is 2.42. The van der Waals surface area contributed by atoms with Gasteiger partial charge in [0.1, 0.15) is 23.3 Å². The van der Waals surface area contributed by atoms with Crippen LogP contribution < -0.4 is 5.32 Å². The number of aromatic nitrogens is 1. The van der Waals surface area contributed by atoms with Crippen molar-refractivity contribution in [2.24, 2.45) is 0 Å². The minimum absolute atomic E-state index is 0.177. The van der Waals surface area contributed by atoms with Crippen LogP contribution in [-0.4, -0.2) is 15.0 Å². The number of nitrogens with zero attached hydrogens (tertiary/aromatic N) is 2. The Labute approximate surface area is 194 Å². The molecule has 1 saturated heterocycles. The molecule has 1 aliphatic heterocycles. The number of nitrogens with one attached hydrogen (secondary N) is 1. The van der Waals surface area contributed by atoms with Crippen LogP contribution in [0.5, 0.6) is 0 Å². The Morgan fingerprint density at radius 1 is 1.06 bits per heavy atom. The first-order valence-electron chi connectivity index (χ1n) is 9.66. The molecule has 2 atom stereocenters. The molecule has 156 valence electrons. The number of rotatable bonds is 5. The molecule has 1 aromatic carbocycles. The van der Waals surface area contributed by atoms with E-state index in [4.69, 9.17) is 44.3 Å². The van der Waals surface area contributed by atoms with Gasteiger partial charge in [0.05, 0.1) is 29.6 Å². The second-order valence-corrected chi connectivity index (χ2v) is 8.39. The first-order valence-corrected chi connectivity index (χ1v) is 10.8. The molecule has 5 nitrogen and oxygen atoms in total. The number of thiocarbonyl (C=S) groups is 1. The van der Waals surface area contributed by atoms with Gasteiger partial charge < -0.3 is 19.1 Å². The van der Waals surface area contributed by atoms with Gasteiger partial charge in [-0.05, 0) is 66.8 Å². The van der Waals surface area contributed by atoms with Gasteiger partial charge in [0.2, 0.25) is 0 Å². The summed E-state index contributed by atoms with van der Waals surface area (Å²) in [6.07, 6.45) is 3.42. The third kappa shape index (κ3) is 3.94. The van der Waals surface area contributed by atoms with E-state index in [0.717, 1.165) is 22.8 Å². The SMILES string of the molecule is S=C1N[C@@H](c2ccccn2)[C@@H](c2ccc(-c3ccc(Cl)cc3Cl)o2)N1Cc1ccco1. The highest BCUT2D eigenvalue weighted by molar-refractivity contribution is 7.80. The molecule has 31 heavy (non-hydrogen) atoms. The quantitative estimate of drug-likeness (QED) is 0.340. The molecule has 4 heterocycles. The van der Waals surface area contributed by atoms with Gasteiger partial charge in [-0.1, -0.05) is 29.3 Å². The number of hydrogen-bond donors (Lipinski definition) is 1. The van der Waals surface area contributed by atoms with Crippen LogP contribution in [0.1, 0.15) is 29.3 Å². The zero-order chi connectivity index (χ0) is 21.4. The Bertz CT molecular complexity index is 1210. The summed E-state index contributed by atoms with van der Waals surface area (Å²) >= 11 is 18.1. The molecule has 0 amide bonds. The smallest absolute Gasteiger partial charge is 0.170 e. The lowest BCUT2D eigenvalue weighted by Gasteiger charge is -2.25. The van der Waals surface area contributed by atoms with E-state index >= 15 is 0 Å². The van der Waals surface area contributed by atoms with Crippen LogP contribution in [0.2, 0.25) is 10.0 Å². The summed E-state index contributed by atoms with van der Waals surface area (Å²) in [5, 5.41) is 5.11. The lowest BCUT2D eigenvalue weighted by Crippen LogP contribution is -2.28. The van der Waals surface area contributed by atoms with Crippen LogP contribution in [0.4, 0.5) is 0 Å². The predicted molar refractivity (Wildman–Crippen MR) is 124 cm³/mol. The minimum Gasteiger partial charge on any atom is -0.467 e. The third-order valence-corrected chi connectivity index (χ3v) is 6.12. The summed E-state index contributed by atoms with van der Waals surface area (Å²) in [4.78, 5) is 6.60. The topological polar surface area (TPSA) is 54.4 Å². The number of pyridine rings is 1. The zero-order valence-electron chi connectivity index (χ0n) is 16.2. The van der Waals surface area contributed by atoms with E-state index < -0.39 is 0 Å². The van der Waals surface area contributed by atoms with Gasteiger partial charge in [-0.2, -0.15) is 0 Å². The zero-order valence-corrected chi connectivity index (χ0v) is 18.5. The van der Waals surface area contributed by atoms with Crippen LogP contribution in [0, 0.1) is 0 Å². The summed E-state index contributed by atoms with van der Waals surface area (Å²) < 4.78 is 11.9. The number of halogens is 2. The van der Waals surface area contributed by atoms with Gasteiger partial charge in [0, 0.05) is 16.8 Å². The van der Waals surface area contributed by atoms with Gasteiger partial charge in [0.15, 0.2) is 5.11 Å². The van der Waals surface area contributed by atoms with Crippen molar-refractivity contribution >= 4 is 40.5 Å². The molecule has 0 bridgehead atoms. The third-order valence-electron chi connectivity index (χ3n) is 5.22. The Morgan fingerprint density at radius 3 is 2.71 bits per heavy atom. The van der Waals surface area contributed by atoms with E-state index in [-0.39, 0.29) is 12.1 Å². The van der Waals surface area contributed by atoms with Crippen LogP contribution in [0.25, 0.3) is 11.3 Å². The van der Waals surface area contributed by atoms with Crippen LogP contribution in [-0.2, 0) is 6.54 Å². The Hall–Kier alpha value is -2.80. The summed E-state index contributed by atoms with van der Waals surface area (Å²) in [6.45, 7) is 0.505. The Kier molecular flexibility index (Phi) is 5.44. The molecule has 3 aromatic heterocycles. The van der Waals surface area contributed by atoms with Crippen molar-refractivity contribution in [3.8, 4) is 11.3 Å². The van der Waals surface area contributed by atoms with Gasteiger partial charge in [-0.25, -0.2) is 0 Å². The van der Waals surface area contributed by atoms with Crippen molar-refractivity contribution in [2.75, 3.05) is 0 Å². The number of benzene rings is 1. The molecule has 0 aliphatic carbocycles. The summed E-state index contributed by atoms with van der Waals surface area (Å²) in [7, 11) is 0. The molecule has 4 aromatic rings. The van der Waals surface area contributed by atoms with Crippen molar-refractivity contribution in [1.82, 2.24) is 15.2 Å². The monoisotopic (exact) mass is 469 g/mol. The standard InChI is InChI=1S/C23H17Cl2N3O2S/c24-14-6-7-16(17(25)12-14)19-8-9-20(30-19)22-21(18-5-1-2-10-26-18)27-23(31)28(22)13-15-4-3-11-29-15/h1-12,21-22H,13H2,(H,27,31)/t21-,22+/m0/s1. The lowest BCUT2D eigenvalue weighted by atomic mass is 10.0. The number of furan rings is 2. The molecule has 5 rings (SSSR count). The van der Waals surface area contributed by atoms with E-state index in [2.05, 4.69) is 15.2 Å². The van der Waals surface area contributed by atoms with Crippen molar-refractivity contribution < 1.29 is 8.83 Å². The Balaban J connectivity index is 1.55. The van der Waals surface area contributed by atoms with Gasteiger partial charge in [-0.15, -0.1) is 0 Å². The van der Waals surface area contributed by atoms with Crippen LogP contribution in [0.15, 0.2) is 82.0 Å². The predicted octanol–water partition coefficient (Wildman–Crippen LogP) is 6.41. The molecule has 0 saturated carbocycles. The average molecular weight is 470 g/mol. The molecule has 1 fully saturated rings. The van der Waals surface area contributed by atoms with Crippen molar-refractivity contribution in [3.63, 3.8) is 0 Å². The van der Waals surface area contributed by atoms with E-state index in [1.807, 2.05) is 48.5 Å². The van der Waals surface area contributed by atoms with Crippen LogP contribution >= 0.6 is 35.4 Å². The maximum absolute atomic E-state index is 6.39.